The lowest BCUT2D eigenvalue weighted by Gasteiger charge is -2.07. The van der Waals surface area contributed by atoms with Crippen LogP contribution in [0.1, 0.15) is 21.5 Å². The summed E-state index contributed by atoms with van der Waals surface area (Å²) in [5.41, 5.74) is 2.61. The molecule has 0 spiro atoms. The fraction of sp³-hybridized carbons (Fsp3) is 0.0476. The van der Waals surface area contributed by atoms with E-state index in [1.165, 1.54) is 12.1 Å². The van der Waals surface area contributed by atoms with Gasteiger partial charge in [-0.25, -0.2) is 4.79 Å². The molecule has 0 bridgehead atoms. The summed E-state index contributed by atoms with van der Waals surface area (Å²) in [6.07, 6.45) is 1.66. The van der Waals surface area contributed by atoms with Gasteiger partial charge in [0.1, 0.15) is 12.4 Å². The summed E-state index contributed by atoms with van der Waals surface area (Å²) in [5.74, 6) is -0.284. The Morgan fingerprint density at radius 1 is 1.00 bits per heavy atom. The van der Waals surface area contributed by atoms with Crippen molar-refractivity contribution >= 4 is 23.6 Å². The van der Waals surface area contributed by atoms with Gasteiger partial charge in [0.05, 0.1) is 16.2 Å². The van der Waals surface area contributed by atoms with Gasteiger partial charge in [0.15, 0.2) is 0 Å². The van der Waals surface area contributed by atoms with E-state index < -0.39 is 10.9 Å². The number of nitro benzene ring substituents is 1. The summed E-state index contributed by atoms with van der Waals surface area (Å²) in [5, 5.41) is 19.5. The Morgan fingerprint density at radius 3 is 2.21 bits per heavy atom. The summed E-state index contributed by atoms with van der Waals surface area (Å²) < 4.78 is 5.69. The number of benzene rings is 3. The molecular formula is C21H16N2O5. The third kappa shape index (κ3) is 5.01. The van der Waals surface area contributed by atoms with Gasteiger partial charge in [0.25, 0.3) is 5.69 Å². The first-order valence-corrected chi connectivity index (χ1v) is 8.35. The number of rotatable bonds is 7. The molecule has 7 heteroatoms. The van der Waals surface area contributed by atoms with Crippen molar-refractivity contribution in [1.82, 2.24) is 0 Å². The summed E-state index contributed by atoms with van der Waals surface area (Å²) in [6, 6.07) is 19.8. The number of carboxylic acids is 1. The first-order chi connectivity index (χ1) is 13.5. The van der Waals surface area contributed by atoms with Gasteiger partial charge < -0.3 is 9.84 Å². The standard InChI is InChI=1S/C21H16N2O5/c24-21(25)17-5-1-16(2-6-17)14-28-20-11-3-15(4-12-20)13-22-18-7-9-19(10-8-18)23(26)27/h1-13H,14H2,(H,24,25). The topological polar surface area (TPSA) is 102 Å². The minimum atomic E-state index is -0.960. The van der Waals surface area contributed by atoms with Crippen molar-refractivity contribution in [3.63, 3.8) is 0 Å². The number of hydrogen-bond donors (Lipinski definition) is 1. The molecule has 0 amide bonds. The number of nitro groups is 1. The van der Waals surface area contributed by atoms with Crippen molar-refractivity contribution in [1.29, 1.82) is 0 Å². The zero-order valence-corrected chi connectivity index (χ0v) is 14.7. The second-order valence-electron chi connectivity index (χ2n) is 5.89. The van der Waals surface area contributed by atoms with E-state index in [4.69, 9.17) is 9.84 Å². The van der Waals surface area contributed by atoms with Crippen molar-refractivity contribution in [3.8, 4) is 5.75 Å². The van der Waals surface area contributed by atoms with Crippen LogP contribution in [-0.2, 0) is 6.61 Å². The molecule has 0 unspecified atom stereocenters. The molecule has 3 aromatic rings. The first-order valence-electron chi connectivity index (χ1n) is 8.35. The average molecular weight is 376 g/mol. The van der Waals surface area contributed by atoms with Crippen LogP contribution >= 0.6 is 0 Å². The highest BCUT2D eigenvalue weighted by Gasteiger charge is 2.03. The van der Waals surface area contributed by atoms with E-state index in [1.807, 2.05) is 24.3 Å². The maximum absolute atomic E-state index is 10.8. The van der Waals surface area contributed by atoms with Gasteiger partial charge in [-0.2, -0.15) is 0 Å². The number of aromatic carboxylic acids is 1. The van der Waals surface area contributed by atoms with Crippen molar-refractivity contribution < 1.29 is 19.6 Å². The molecule has 0 aliphatic carbocycles. The molecule has 3 aromatic carbocycles. The van der Waals surface area contributed by atoms with Gasteiger partial charge >= 0.3 is 5.97 Å². The van der Waals surface area contributed by atoms with Crippen LogP contribution in [0.15, 0.2) is 77.8 Å². The SMILES string of the molecule is O=C(O)c1ccc(COc2ccc(C=Nc3ccc([N+](=O)[O-])cc3)cc2)cc1. The maximum atomic E-state index is 10.8. The Kier molecular flexibility index (Phi) is 5.76. The molecule has 0 fully saturated rings. The average Bonchev–Trinajstić information content (AvgIpc) is 2.72. The van der Waals surface area contributed by atoms with E-state index in [0.717, 1.165) is 11.1 Å². The molecule has 0 aromatic heterocycles. The molecule has 7 nitrogen and oxygen atoms in total. The molecule has 28 heavy (non-hydrogen) atoms. The number of aliphatic imine (C=N–C) groups is 1. The van der Waals surface area contributed by atoms with Crippen LogP contribution in [0.2, 0.25) is 0 Å². The molecule has 140 valence electrons. The van der Waals surface area contributed by atoms with E-state index in [-0.39, 0.29) is 11.3 Å². The lowest BCUT2D eigenvalue weighted by atomic mass is 10.1. The van der Waals surface area contributed by atoms with E-state index in [1.54, 1.807) is 42.6 Å². The predicted molar refractivity (Wildman–Crippen MR) is 105 cm³/mol. The third-order valence-corrected chi connectivity index (χ3v) is 3.91. The van der Waals surface area contributed by atoms with Crippen LogP contribution in [0, 0.1) is 10.1 Å². The monoisotopic (exact) mass is 376 g/mol. The molecular weight excluding hydrogens is 360 g/mol. The Bertz CT molecular complexity index is 994. The zero-order chi connectivity index (χ0) is 19.9. The van der Waals surface area contributed by atoms with Crippen LogP contribution in [0.3, 0.4) is 0 Å². The summed E-state index contributed by atoms with van der Waals surface area (Å²) in [6.45, 7) is 0.329. The number of carboxylic acid groups (broad SMARTS) is 1. The van der Waals surface area contributed by atoms with Crippen LogP contribution in [-0.4, -0.2) is 22.2 Å². The molecule has 0 radical (unpaired) electrons. The molecule has 3 rings (SSSR count). The molecule has 0 heterocycles. The third-order valence-electron chi connectivity index (χ3n) is 3.91. The van der Waals surface area contributed by atoms with Crippen LogP contribution in [0.4, 0.5) is 11.4 Å². The highest BCUT2D eigenvalue weighted by Crippen LogP contribution is 2.18. The Morgan fingerprint density at radius 2 is 1.64 bits per heavy atom. The lowest BCUT2D eigenvalue weighted by molar-refractivity contribution is -0.384. The van der Waals surface area contributed by atoms with E-state index >= 15 is 0 Å². The Hall–Kier alpha value is -4.00. The molecule has 0 saturated heterocycles. The van der Waals surface area contributed by atoms with Gasteiger partial charge in [-0.05, 0) is 59.7 Å². The highest BCUT2D eigenvalue weighted by molar-refractivity contribution is 5.87. The van der Waals surface area contributed by atoms with Crippen molar-refractivity contribution in [2.24, 2.45) is 4.99 Å². The van der Waals surface area contributed by atoms with Gasteiger partial charge in [0, 0.05) is 18.3 Å². The van der Waals surface area contributed by atoms with Crippen LogP contribution < -0.4 is 4.74 Å². The smallest absolute Gasteiger partial charge is 0.335 e. The van der Waals surface area contributed by atoms with E-state index in [2.05, 4.69) is 4.99 Å². The second-order valence-corrected chi connectivity index (χ2v) is 5.89. The fourth-order valence-electron chi connectivity index (χ4n) is 2.37. The minimum absolute atomic E-state index is 0.0260. The maximum Gasteiger partial charge on any atom is 0.335 e. The Labute approximate surface area is 160 Å². The zero-order valence-electron chi connectivity index (χ0n) is 14.7. The Balaban J connectivity index is 1.57. The van der Waals surface area contributed by atoms with Crippen molar-refractivity contribution in [2.75, 3.05) is 0 Å². The van der Waals surface area contributed by atoms with Crippen molar-refractivity contribution in [2.45, 2.75) is 6.61 Å². The normalized spacial score (nSPS) is 10.7. The highest BCUT2D eigenvalue weighted by atomic mass is 16.6. The molecule has 0 aliphatic heterocycles. The van der Waals surface area contributed by atoms with Crippen LogP contribution in [0.25, 0.3) is 0 Å². The van der Waals surface area contributed by atoms with Gasteiger partial charge in [-0.15, -0.1) is 0 Å². The summed E-state index contributed by atoms with van der Waals surface area (Å²) in [4.78, 5) is 25.3. The minimum Gasteiger partial charge on any atom is -0.489 e. The predicted octanol–water partition coefficient (Wildman–Crippen LogP) is 4.62. The van der Waals surface area contributed by atoms with E-state index in [0.29, 0.717) is 18.0 Å². The number of nitrogens with zero attached hydrogens (tertiary/aromatic N) is 2. The van der Waals surface area contributed by atoms with E-state index in [9.17, 15) is 14.9 Å². The largest absolute Gasteiger partial charge is 0.489 e. The fourth-order valence-corrected chi connectivity index (χ4v) is 2.37. The summed E-state index contributed by atoms with van der Waals surface area (Å²) in [7, 11) is 0. The van der Waals surface area contributed by atoms with Gasteiger partial charge in [0.2, 0.25) is 0 Å². The lowest BCUT2D eigenvalue weighted by Crippen LogP contribution is -1.99. The molecule has 0 aliphatic rings. The summed E-state index contributed by atoms with van der Waals surface area (Å²) >= 11 is 0. The molecule has 0 saturated carbocycles. The van der Waals surface area contributed by atoms with Gasteiger partial charge in [-0.3, -0.25) is 15.1 Å². The van der Waals surface area contributed by atoms with Gasteiger partial charge in [-0.1, -0.05) is 12.1 Å². The molecule has 1 N–H and O–H groups in total. The number of non-ortho nitro benzene ring substituents is 1. The number of ether oxygens (including phenoxy) is 1. The number of hydrogen-bond acceptors (Lipinski definition) is 5. The quantitative estimate of drug-likeness (QED) is 0.368. The first kappa shape index (κ1) is 18.8. The second kappa shape index (κ2) is 8.59. The van der Waals surface area contributed by atoms with Crippen molar-refractivity contribution in [3.05, 3.63) is 99.6 Å². The molecule has 0 atom stereocenters. The van der Waals surface area contributed by atoms with Crippen LogP contribution in [0.5, 0.6) is 5.75 Å². The number of carbonyl (C=O) groups is 1.